The lowest BCUT2D eigenvalue weighted by molar-refractivity contribution is 0.0173. The second-order valence-corrected chi connectivity index (χ2v) is 12.8. The van der Waals surface area contributed by atoms with E-state index in [9.17, 15) is 0 Å². The number of nitrogen functional groups attached to an aromatic ring is 2. The summed E-state index contributed by atoms with van der Waals surface area (Å²) in [5, 5.41) is 14.8. The number of nitrogens with zero attached hydrogens (tertiary/aromatic N) is 8. The van der Waals surface area contributed by atoms with Crippen molar-refractivity contribution < 1.29 is 28.4 Å². The van der Waals surface area contributed by atoms with Gasteiger partial charge in [0, 0.05) is 39.8 Å². The van der Waals surface area contributed by atoms with Gasteiger partial charge in [-0.15, -0.1) is 20.4 Å². The van der Waals surface area contributed by atoms with Crippen LogP contribution >= 0.6 is 34.8 Å². The number of methoxy groups -OCH3 is 2. The highest BCUT2D eigenvalue weighted by Crippen LogP contribution is 2.21. The van der Waals surface area contributed by atoms with Crippen LogP contribution < -0.4 is 17.2 Å². The SMILES string of the molecule is C.COCCOCCOCCN1CCC(Cc2nnc(Cl)c(N)n2)CC1.COCCOCCOCCN1CCC(N)CC1.Nc1nc(Cl)nnc1Cl. The van der Waals surface area contributed by atoms with Gasteiger partial charge in [0.15, 0.2) is 27.8 Å². The number of hydrogen-bond acceptors (Lipinski definition) is 17. The Morgan fingerprint density at radius 2 is 1.02 bits per heavy atom. The molecule has 0 aliphatic carbocycles. The van der Waals surface area contributed by atoms with Crippen LogP contribution in [0.1, 0.15) is 38.9 Å². The van der Waals surface area contributed by atoms with Crippen molar-refractivity contribution in [3.05, 3.63) is 21.4 Å². The molecule has 0 saturated carbocycles. The monoisotopic (exact) mass is 799 g/mol. The van der Waals surface area contributed by atoms with Crippen molar-refractivity contribution in [2.45, 2.75) is 45.6 Å². The molecule has 52 heavy (non-hydrogen) atoms. The molecule has 2 aromatic rings. The molecule has 0 amide bonds. The first-order valence-electron chi connectivity index (χ1n) is 17.2. The van der Waals surface area contributed by atoms with Gasteiger partial charge in [-0.05, 0) is 69.4 Å². The fraction of sp³-hybridized carbons (Fsp3) is 0.812. The lowest BCUT2D eigenvalue weighted by Crippen LogP contribution is -2.41. The predicted molar refractivity (Wildman–Crippen MR) is 204 cm³/mol. The maximum atomic E-state index is 5.85. The minimum atomic E-state index is -0.00287. The van der Waals surface area contributed by atoms with Crippen molar-refractivity contribution >= 4 is 46.4 Å². The van der Waals surface area contributed by atoms with E-state index in [0.29, 0.717) is 70.6 Å². The van der Waals surface area contributed by atoms with E-state index in [1.807, 2.05) is 0 Å². The topological polar surface area (TPSA) is 217 Å². The van der Waals surface area contributed by atoms with Crippen molar-refractivity contribution in [2.75, 3.05) is 131 Å². The van der Waals surface area contributed by atoms with Crippen molar-refractivity contribution in [1.29, 1.82) is 0 Å². The maximum absolute atomic E-state index is 5.85. The number of likely N-dealkylation sites (tertiary alicyclic amines) is 2. The van der Waals surface area contributed by atoms with Crippen LogP contribution in [-0.2, 0) is 34.8 Å². The molecular weight excluding hydrogens is 741 g/mol. The summed E-state index contributed by atoms with van der Waals surface area (Å²) in [5.41, 5.74) is 16.7. The molecule has 0 radical (unpaired) electrons. The third-order valence-electron chi connectivity index (χ3n) is 7.88. The average molecular weight is 801 g/mol. The number of rotatable bonds is 20. The normalized spacial score (nSPS) is 15.7. The van der Waals surface area contributed by atoms with Crippen LogP contribution in [0.3, 0.4) is 0 Å². The highest BCUT2D eigenvalue weighted by molar-refractivity contribution is 6.32. The van der Waals surface area contributed by atoms with Gasteiger partial charge in [0.1, 0.15) is 0 Å². The van der Waals surface area contributed by atoms with Gasteiger partial charge < -0.3 is 55.4 Å². The largest absolute Gasteiger partial charge is 0.382 e. The molecule has 0 atom stereocenters. The van der Waals surface area contributed by atoms with Gasteiger partial charge in [-0.2, -0.15) is 4.98 Å². The third-order valence-corrected chi connectivity index (χ3v) is 8.58. The van der Waals surface area contributed by atoms with Crippen molar-refractivity contribution in [1.82, 2.24) is 40.2 Å². The zero-order valence-electron chi connectivity index (χ0n) is 29.9. The molecule has 4 rings (SSSR count). The van der Waals surface area contributed by atoms with Gasteiger partial charge in [0.05, 0.1) is 66.1 Å². The highest BCUT2D eigenvalue weighted by atomic mass is 35.5. The molecule has 6 N–H and O–H groups in total. The summed E-state index contributed by atoms with van der Waals surface area (Å²) in [6.45, 7) is 12.9. The van der Waals surface area contributed by atoms with E-state index in [1.54, 1.807) is 14.2 Å². The van der Waals surface area contributed by atoms with Crippen LogP contribution in [0.2, 0.25) is 15.6 Å². The average Bonchev–Trinajstić information content (AvgIpc) is 3.12. The van der Waals surface area contributed by atoms with Crippen molar-refractivity contribution in [3.63, 3.8) is 0 Å². The second kappa shape index (κ2) is 30.5. The lowest BCUT2D eigenvalue weighted by Gasteiger charge is -2.31. The predicted octanol–water partition coefficient (Wildman–Crippen LogP) is 2.53. The van der Waals surface area contributed by atoms with E-state index in [1.165, 1.54) is 0 Å². The first-order valence-corrected chi connectivity index (χ1v) is 18.3. The van der Waals surface area contributed by atoms with Gasteiger partial charge in [-0.1, -0.05) is 30.6 Å². The fourth-order valence-corrected chi connectivity index (χ4v) is 5.20. The van der Waals surface area contributed by atoms with Gasteiger partial charge in [-0.25, -0.2) is 4.98 Å². The van der Waals surface area contributed by atoms with E-state index >= 15 is 0 Å². The molecule has 300 valence electrons. The summed E-state index contributed by atoms with van der Waals surface area (Å²) >= 11 is 16.4. The number of aromatic nitrogens is 6. The molecule has 20 heteroatoms. The second-order valence-electron chi connectivity index (χ2n) is 11.8. The van der Waals surface area contributed by atoms with Crippen molar-refractivity contribution in [2.24, 2.45) is 11.7 Å². The third kappa shape index (κ3) is 23.0. The summed E-state index contributed by atoms with van der Waals surface area (Å²) in [5.74, 6) is 1.59. The number of piperidine rings is 2. The molecular formula is C32H60Cl3N11O6. The molecule has 4 heterocycles. The van der Waals surface area contributed by atoms with Gasteiger partial charge in [0.2, 0.25) is 5.28 Å². The van der Waals surface area contributed by atoms with Crippen LogP contribution in [0, 0.1) is 5.92 Å². The minimum Gasteiger partial charge on any atom is -0.382 e. The van der Waals surface area contributed by atoms with Crippen LogP contribution in [0.4, 0.5) is 11.6 Å². The zero-order valence-corrected chi connectivity index (χ0v) is 32.2. The van der Waals surface area contributed by atoms with E-state index in [4.69, 9.17) is 80.4 Å². The molecule has 2 aromatic heterocycles. The summed E-state index contributed by atoms with van der Waals surface area (Å²) in [4.78, 5) is 12.6. The number of nitrogens with two attached hydrogens (primary N) is 3. The first-order chi connectivity index (χ1) is 24.7. The van der Waals surface area contributed by atoms with Crippen molar-refractivity contribution in [3.8, 4) is 0 Å². The molecule has 0 spiro atoms. The van der Waals surface area contributed by atoms with E-state index in [-0.39, 0.29) is 34.7 Å². The first kappa shape index (κ1) is 48.1. The zero-order chi connectivity index (χ0) is 37.1. The quantitative estimate of drug-likeness (QED) is 0.164. The Bertz CT molecular complexity index is 1170. The fourth-order valence-electron chi connectivity index (χ4n) is 4.92. The number of ether oxygens (including phenoxy) is 6. The van der Waals surface area contributed by atoms with E-state index in [0.717, 1.165) is 84.6 Å². The van der Waals surface area contributed by atoms with Crippen LogP contribution in [-0.4, -0.2) is 166 Å². The number of anilines is 2. The Hall–Kier alpha value is -1.87. The standard InChI is InChI=1S/C16H28ClN5O3.C12H26N2O3.C3H2Cl2N4.CH4/c1-23-8-9-25-11-10-24-7-6-22-4-2-13(3-5-22)12-14-19-16(18)15(17)21-20-14;1-15-8-9-17-11-10-16-7-6-14-4-2-12(13)3-5-14;4-1-2(6)7-3(5)9-8-1;/h13H,2-12H2,1H3,(H2,18,19,20);12H,2-11,13H2,1H3;(H2,6,7,9);1H4. The van der Waals surface area contributed by atoms with Crippen LogP contribution in [0.5, 0.6) is 0 Å². The molecule has 0 aromatic carbocycles. The van der Waals surface area contributed by atoms with Gasteiger partial charge in [-0.3, -0.25) is 0 Å². The molecule has 2 aliphatic heterocycles. The van der Waals surface area contributed by atoms with Gasteiger partial charge >= 0.3 is 0 Å². The Balaban J connectivity index is 0.000000431. The van der Waals surface area contributed by atoms with Crippen LogP contribution in [0.15, 0.2) is 0 Å². The molecule has 0 bridgehead atoms. The molecule has 0 unspecified atom stereocenters. The Labute approximate surface area is 323 Å². The maximum Gasteiger partial charge on any atom is 0.245 e. The Kier molecular flexibility index (Phi) is 28.2. The highest BCUT2D eigenvalue weighted by Gasteiger charge is 2.21. The number of halogens is 3. The molecule has 2 fully saturated rings. The lowest BCUT2D eigenvalue weighted by atomic mass is 9.93. The summed E-state index contributed by atoms with van der Waals surface area (Å²) in [6.07, 6.45) is 5.26. The van der Waals surface area contributed by atoms with Gasteiger partial charge in [0.25, 0.3) is 0 Å². The molecule has 2 saturated heterocycles. The van der Waals surface area contributed by atoms with E-state index in [2.05, 4.69) is 40.2 Å². The number of hydrogen-bond donors (Lipinski definition) is 3. The summed E-state index contributed by atoms with van der Waals surface area (Å²) in [7, 11) is 3.34. The summed E-state index contributed by atoms with van der Waals surface area (Å²) < 4.78 is 31.5. The Morgan fingerprint density at radius 3 is 1.46 bits per heavy atom. The minimum absolute atomic E-state index is 0. The summed E-state index contributed by atoms with van der Waals surface area (Å²) in [6, 6.07) is 0.404. The molecule has 17 nitrogen and oxygen atoms in total. The molecule has 2 aliphatic rings. The van der Waals surface area contributed by atoms with E-state index < -0.39 is 0 Å². The smallest absolute Gasteiger partial charge is 0.245 e. The Morgan fingerprint density at radius 1 is 0.596 bits per heavy atom. The van der Waals surface area contributed by atoms with Crippen LogP contribution in [0.25, 0.3) is 0 Å².